The van der Waals surface area contributed by atoms with E-state index < -0.39 is 11.9 Å². The van der Waals surface area contributed by atoms with Gasteiger partial charge >= 0.3 is 5.97 Å². The molecule has 106 valence electrons. The molecule has 2 aromatic rings. The van der Waals surface area contributed by atoms with Crippen molar-refractivity contribution in [1.82, 2.24) is 0 Å². The second-order valence-electron chi connectivity index (χ2n) is 4.00. The van der Waals surface area contributed by atoms with Crippen LogP contribution in [0, 0.1) is 0 Å². The molecule has 2 rings (SSSR count). The predicted molar refractivity (Wildman–Crippen MR) is 77.7 cm³/mol. The first-order valence-corrected chi connectivity index (χ1v) is 7.05. The average Bonchev–Trinajstić information content (AvgIpc) is 2.87. The highest BCUT2D eigenvalue weighted by Crippen LogP contribution is 2.31. The molecule has 0 radical (unpaired) electrons. The Kier molecular flexibility index (Phi) is 4.87. The van der Waals surface area contributed by atoms with Gasteiger partial charge in [-0.25, -0.2) is 0 Å². The van der Waals surface area contributed by atoms with Crippen molar-refractivity contribution >= 4 is 28.9 Å². The normalized spacial score (nSPS) is 11.9. The highest BCUT2D eigenvalue weighted by Gasteiger charge is 2.24. The summed E-state index contributed by atoms with van der Waals surface area (Å²) in [5.74, 6) is -0.625. The zero-order chi connectivity index (χ0) is 14.5. The molecule has 1 atom stereocenters. The number of hydrogen-bond donors (Lipinski definition) is 1. The minimum Gasteiger partial charge on any atom is -0.504 e. The Bertz CT molecular complexity index is 596. The Hall–Kier alpha value is -1.72. The van der Waals surface area contributed by atoms with Crippen molar-refractivity contribution in [1.29, 1.82) is 0 Å². The zero-order valence-electron chi connectivity index (χ0n) is 10.7. The van der Waals surface area contributed by atoms with E-state index in [0.717, 1.165) is 4.88 Å². The molecule has 20 heavy (non-hydrogen) atoms. The quantitative estimate of drug-likeness (QED) is 0.859. The van der Waals surface area contributed by atoms with Gasteiger partial charge in [0.25, 0.3) is 0 Å². The third kappa shape index (κ3) is 3.43. The van der Waals surface area contributed by atoms with Crippen LogP contribution in [0.2, 0.25) is 4.34 Å². The highest BCUT2D eigenvalue weighted by molar-refractivity contribution is 7.16. The van der Waals surface area contributed by atoms with Crippen molar-refractivity contribution in [3.63, 3.8) is 0 Å². The Morgan fingerprint density at radius 1 is 1.35 bits per heavy atom. The summed E-state index contributed by atoms with van der Waals surface area (Å²) in [5.41, 5.74) is 0. The average molecular weight is 313 g/mol. The molecule has 0 saturated carbocycles. The molecule has 1 aromatic heterocycles. The number of halogens is 1. The second-order valence-corrected chi connectivity index (χ2v) is 5.74. The molecule has 0 saturated heterocycles. The summed E-state index contributed by atoms with van der Waals surface area (Å²) in [6, 6.07) is 10.1. The summed E-state index contributed by atoms with van der Waals surface area (Å²) < 4.78 is 10.9. The number of esters is 1. The summed E-state index contributed by atoms with van der Waals surface area (Å²) in [7, 11) is 1.32. The van der Waals surface area contributed by atoms with Crippen LogP contribution in [0.15, 0.2) is 36.4 Å². The molecule has 0 fully saturated rings. The van der Waals surface area contributed by atoms with Crippen LogP contribution in [0.5, 0.6) is 11.5 Å². The van der Waals surface area contributed by atoms with Gasteiger partial charge in [0.1, 0.15) is 12.5 Å². The number of rotatable bonds is 5. The number of hydrogen-bond acceptors (Lipinski definition) is 5. The number of carbonyl (C=O) groups excluding carboxylic acids is 1. The van der Waals surface area contributed by atoms with E-state index in [1.54, 1.807) is 30.3 Å². The fourth-order valence-electron chi connectivity index (χ4n) is 1.68. The number of phenolic OH excluding ortho intramolecular Hbond substituents is 1. The minimum absolute atomic E-state index is 0.0281. The molecule has 4 nitrogen and oxygen atoms in total. The number of benzene rings is 1. The number of thiophene rings is 1. The maximum absolute atomic E-state index is 11.8. The molecule has 0 aliphatic carbocycles. The molecule has 6 heteroatoms. The Labute approximate surface area is 125 Å². The molecule has 1 heterocycles. The molecule has 1 unspecified atom stereocenters. The van der Waals surface area contributed by atoms with Crippen LogP contribution >= 0.6 is 22.9 Å². The van der Waals surface area contributed by atoms with Gasteiger partial charge in [-0.3, -0.25) is 4.79 Å². The summed E-state index contributed by atoms with van der Waals surface area (Å²) in [5, 5.41) is 9.63. The predicted octanol–water partition coefficient (Wildman–Crippen LogP) is 3.44. The lowest BCUT2D eigenvalue weighted by Crippen LogP contribution is -2.20. The monoisotopic (exact) mass is 312 g/mol. The third-order valence-corrected chi connectivity index (χ3v) is 4.04. The van der Waals surface area contributed by atoms with E-state index in [1.807, 2.05) is 0 Å². The number of aromatic hydroxyl groups is 1. The lowest BCUT2D eigenvalue weighted by atomic mass is 10.1. The number of ether oxygens (including phenoxy) is 2. The van der Waals surface area contributed by atoms with E-state index in [0.29, 0.717) is 10.1 Å². The van der Waals surface area contributed by atoms with Crippen LogP contribution in [-0.4, -0.2) is 24.8 Å². The van der Waals surface area contributed by atoms with Gasteiger partial charge in [-0.1, -0.05) is 23.7 Å². The summed E-state index contributed by atoms with van der Waals surface area (Å²) in [6.45, 7) is 0.0705. The zero-order valence-corrected chi connectivity index (χ0v) is 12.3. The van der Waals surface area contributed by atoms with Crippen LogP contribution in [0.25, 0.3) is 0 Å². The minimum atomic E-state index is -0.572. The van der Waals surface area contributed by atoms with Crippen molar-refractivity contribution in [3.05, 3.63) is 45.6 Å². The first kappa shape index (κ1) is 14.7. The van der Waals surface area contributed by atoms with Gasteiger partial charge in [-0.15, -0.1) is 11.3 Å². The number of methoxy groups -OCH3 is 1. The first-order valence-electron chi connectivity index (χ1n) is 5.85. The van der Waals surface area contributed by atoms with E-state index in [1.165, 1.54) is 24.5 Å². The SMILES string of the molecule is COC(=O)C(COc1ccccc1O)c1ccc(Cl)s1. The molecular weight excluding hydrogens is 300 g/mol. The van der Waals surface area contributed by atoms with Crippen molar-refractivity contribution < 1.29 is 19.4 Å². The van der Waals surface area contributed by atoms with Gasteiger partial charge in [0, 0.05) is 4.88 Å². The van der Waals surface area contributed by atoms with E-state index in [2.05, 4.69) is 0 Å². The maximum Gasteiger partial charge on any atom is 0.317 e. The van der Waals surface area contributed by atoms with E-state index >= 15 is 0 Å². The Morgan fingerprint density at radius 2 is 2.10 bits per heavy atom. The van der Waals surface area contributed by atoms with Crippen molar-refractivity contribution in [2.24, 2.45) is 0 Å². The maximum atomic E-state index is 11.8. The molecule has 0 amide bonds. The van der Waals surface area contributed by atoms with Gasteiger partial charge in [-0.05, 0) is 24.3 Å². The summed E-state index contributed by atoms with van der Waals surface area (Å²) in [4.78, 5) is 12.6. The molecule has 1 N–H and O–H groups in total. The summed E-state index contributed by atoms with van der Waals surface area (Å²) in [6.07, 6.45) is 0. The van der Waals surface area contributed by atoms with Crippen molar-refractivity contribution in [2.45, 2.75) is 5.92 Å². The van der Waals surface area contributed by atoms with E-state index in [9.17, 15) is 9.90 Å². The van der Waals surface area contributed by atoms with Crippen LogP contribution in [0.1, 0.15) is 10.8 Å². The number of carbonyl (C=O) groups is 1. The third-order valence-electron chi connectivity index (χ3n) is 2.69. The van der Waals surface area contributed by atoms with Crippen LogP contribution in [-0.2, 0) is 9.53 Å². The molecule has 1 aromatic carbocycles. The molecule has 0 aliphatic rings. The fraction of sp³-hybridized carbons (Fsp3) is 0.214. The van der Waals surface area contributed by atoms with Crippen molar-refractivity contribution in [3.8, 4) is 11.5 Å². The standard InChI is InChI=1S/C14H13ClO4S/c1-18-14(17)9(12-6-7-13(15)20-12)8-19-11-5-3-2-4-10(11)16/h2-7,9,16H,8H2,1H3. The summed E-state index contributed by atoms with van der Waals surface area (Å²) >= 11 is 7.18. The van der Waals surface area contributed by atoms with Gasteiger partial charge < -0.3 is 14.6 Å². The van der Waals surface area contributed by atoms with Gasteiger partial charge in [-0.2, -0.15) is 0 Å². The number of phenols is 1. The Morgan fingerprint density at radius 3 is 2.70 bits per heavy atom. The van der Waals surface area contributed by atoms with Gasteiger partial charge in [0.2, 0.25) is 0 Å². The van der Waals surface area contributed by atoms with Crippen LogP contribution in [0.4, 0.5) is 0 Å². The lowest BCUT2D eigenvalue weighted by Gasteiger charge is -2.14. The first-order chi connectivity index (χ1) is 9.61. The smallest absolute Gasteiger partial charge is 0.317 e. The van der Waals surface area contributed by atoms with Crippen molar-refractivity contribution in [2.75, 3.05) is 13.7 Å². The highest BCUT2D eigenvalue weighted by atomic mass is 35.5. The largest absolute Gasteiger partial charge is 0.504 e. The van der Waals surface area contributed by atoms with Gasteiger partial charge in [0.05, 0.1) is 11.4 Å². The Balaban J connectivity index is 2.13. The molecule has 0 spiro atoms. The molecule has 0 aliphatic heterocycles. The van der Waals surface area contributed by atoms with Crippen LogP contribution in [0.3, 0.4) is 0 Å². The van der Waals surface area contributed by atoms with Gasteiger partial charge in [0.15, 0.2) is 11.5 Å². The second kappa shape index (κ2) is 6.63. The van der Waals surface area contributed by atoms with E-state index in [4.69, 9.17) is 21.1 Å². The van der Waals surface area contributed by atoms with Crippen LogP contribution < -0.4 is 4.74 Å². The fourth-order valence-corrected chi connectivity index (χ4v) is 2.81. The molecular formula is C14H13ClO4S. The lowest BCUT2D eigenvalue weighted by molar-refractivity contribution is -0.143. The molecule has 0 bridgehead atoms. The number of para-hydroxylation sites is 2. The topological polar surface area (TPSA) is 55.8 Å². The van der Waals surface area contributed by atoms with E-state index in [-0.39, 0.29) is 12.4 Å².